The van der Waals surface area contributed by atoms with Crippen LogP contribution in [0.5, 0.6) is 5.75 Å². The zero-order valence-corrected chi connectivity index (χ0v) is 19.3. The lowest BCUT2D eigenvalue weighted by atomic mass is 10.1. The van der Waals surface area contributed by atoms with Gasteiger partial charge >= 0.3 is 0 Å². The topological polar surface area (TPSA) is 58.6 Å². The number of rotatable bonds is 11. The zero-order valence-electron chi connectivity index (χ0n) is 17.7. The highest BCUT2D eigenvalue weighted by molar-refractivity contribution is 8.00. The van der Waals surface area contributed by atoms with Gasteiger partial charge < -0.3 is 15.0 Å². The maximum absolute atomic E-state index is 13.2. The number of thioether (sulfide) groups is 1. The fourth-order valence-electron chi connectivity index (χ4n) is 2.97. The minimum atomic E-state index is -0.517. The molecule has 0 bridgehead atoms. The summed E-state index contributed by atoms with van der Waals surface area (Å²) in [6.07, 6.45) is 1.39. The summed E-state index contributed by atoms with van der Waals surface area (Å²) in [6.45, 7) is 4.89. The molecule has 0 radical (unpaired) electrons. The Hall–Kier alpha value is -2.18. The molecule has 0 aromatic heterocycles. The summed E-state index contributed by atoms with van der Waals surface area (Å²) >= 11 is 7.37. The van der Waals surface area contributed by atoms with E-state index in [0.717, 1.165) is 22.6 Å². The van der Waals surface area contributed by atoms with Crippen molar-refractivity contribution in [3.05, 3.63) is 59.1 Å². The SMILES string of the molecule is CCCNC(=O)[C@@H](CC)N(Cc1ccc(OC)cc1)C(=O)CSc1ccc(Cl)cc1. The maximum atomic E-state index is 13.2. The minimum absolute atomic E-state index is 0.0794. The molecule has 0 aliphatic rings. The molecule has 0 spiro atoms. The van der Waals surface area contributed by atoms with Crippen LogP contribution in [0.15, 0.2) is 53.4 Å². The number of ether oxygens (including phenoxy) is 1. The van der Waals surface area contributed by atoms with Gasteiger partial charge in [0.05, 0.1) is 12.9 Å². The van der Waals surface area contributed by atoms with Gasteiger partial charge in [0.2, 0.25) is 11.8 Å². The number of nitrogens with one attached hydrogen (secondary N) is 1. The molecule has 7 heteroatoms. The Labute approximate surface area is 188 Å². The Morgan fingerprint density at radius 1 is 1.10 bits per heavy atom. The molecular formula is C23H29ClN2O3S. The highest BCUT2D eigenvalue weighted by atomic mass is 35.5. The van der Waals surface area contributed by atoms with E-state index in [-0.39, 0.29) is 17.6 Å². The summed E-state index contributed by atoms with van der Waals surface area (Å²) in [4.78, 5) is 28.5. The van der Waals surface area contributed by atoms with Crippen LogP contribution in [0.3, 0.4) is 0 Å². The van der Waals surface area contributed by atoms with E-state index in [1.54, 1.807) is 24.1 Å². The molecule has 0 saturated carbocycles. The molecule has 162 valence electrons. The molecule has 0 aliphatic carbocycles. The molecule has 0 saturated heterocycles. The largest absolute Gasteiger partial charge is 0.497 e. The van der Waals surface area contributed by atoms with E-state index in [9.17, 15) is 9.59 Å². The van der Waals surface area contributed by atoms with Gasteiger partial charge in [-0.2, -0.15) is 0 Å². The van der Waals surface area contributed by atoms with Gasteiger partial charge in [-0.15, -0.1) is 11.8 Å². The van der Waals surface area contributed by atoms with E-state index < -0.39 is 6.04 Å². The quantitative estimate of drug-likeness (QED) is 0.503. The van der Waals surface area contributed by atoms with Crippen LogP contribution in [0.1, 0.15) is 32.3 Å². The van der Waals surface area contributed by atoms with Gasteiger partial charge in [0.25, 0.3) is 0 Å². The summed E-state index contributed by atoms with van der Waals surface area (Å²) < 4.78 is 5.21. The first-order chi connectivity index (χ1) is 14.5. The summed E-state index contributed by atoms with van der Waals surface area (Å²) in [7, 11) is 1.62. The van der Waals surface area contributed by atoms with Crippen molar-refractivity contribution in [2.75, 3.05) is 19.4 Å². The number of hydrogen-bond acceptors (Lipinski definition) is 4. The van der Waals surface area contributed by atoms with Crippen LogP contribution < -0.4 is 10.1 Å². The first-order valence-electron chi connectivity index (χ1n) is 10.1. The molecule has 2 rings (SSSR count). The lowest BCUT2D eigenvalue weighted by Crippen LogP contribution is -2.49. The third-order valence-corrected chi connectivity index (χ3v) is 5.87. The summed E-state index contributed by atoms with van der Waals surface area (Å²) in [5, 5.41) is 3.59. The molecule has 0 fully saturated rings. The molecule has 2 amide bonds. The van der Waals surface area contributed by atoms with Crippen molar-refractivity contribution in [1.82, 2.24) is 10.2 Å². The third-order valence-electron chi connectivity index (χ3n) is 4.62. The van der Waals surface area contributed by atoms with Gasteiger partial charge in [0.1, 0.15) is 11.8 Å². The lowest BCUT2D eigenvalue weighted by Gasteiger charge is -2.30. The second kappa shape index (κ2) is 12.5. The van der Waals surface area contributed by atoms with E-state index in [0.29, 0.717) is 24.5 Å². The first kappa shape index (κ1) is 24.1. The zero-order chi connectivity index (χ0) is 21.9. The van der Waals surface area contributed by atoms with E-state index >= 15 is 0 Å². The normalized spacial score (nSPS) is 11.6. The predicted molar refractivity (Wildman–Crippen MR) is 123 cm³/mol. The average molecular weight is 449 g/mol. The Morgan fingerprint density at radius 3 is 2.33 bits per heavy atom. The molecule has 0 unspecified atom stereocenters. The number of methoxy groups -OCH3 is 1. The number of halogens is 1. The van der Waals surface area contributed by atoms with E-state index in [1.807, 2.05) is 50.2 Å². The van der Waals surface area contributed by atoms with Crippen molar-refractivity contribution in [1.29, 1.82) is 0 Å². The van der Waals surface area contributed by atoms with E-state index in [1.165, 1.54) is 11.8 Å². The van der Waals surface area contributed by atoms with Gasteiger partial charge in [0, 0.05) is 23.0 Å². The standard InChI is InChI=1S/C23H29ClN2O3S/c1-4-14-25-23(28)21(5-2)26(15-17-6-10-19(29-3)11-7-17)22(27)16-30-20-12-8-18(24)9-13-20/h6-13,21H,4-5,14-16H2,1-3H3,(H,25,28)/t21-/m1/s1. The Morgan fingerprint density at radius 2 is 1.77 bits per heavy atom. The van der Waals surface area contributed by atoms with Gasteiger partial charge in [-0.3, -0.25) is 9.59 Å². The van der Waals surface area contributed by atoms with Gasteiger partial charge in [-0.25, -0.2) is 0 Å². The Bertz CT molecular complexity index is 812. The first-order valence-corrected chi connectivity index (χ1v) is 11.4. The molecule has 1 N–H and O–H groups in total. The van der Waals surface area contributed by atoms with E-state index in [4.69, 9.17) is 16.3 Å². The summed E-state index contributed by atoms with van der Waals surface area (Å²) in [5.41, 5.74) is 0.947. The van der Waals surface area contributed by atoms with Crippen molar-refractivity contribution in [3.8, 4) is 5.75 Å². The number of hydrogen-bond donors (Lipinski definition) is 1. The number of carbonyl (C=O) groups is 2. The van der Waals surface area contributed by atoms with Crippen LogP contribution in [-0.4, -0.2) is 42.2 Å². The Kier molecular flexibility index (Phi) is 10.0. The van der Waals surface area contributed by atoms with Crippen molar-refractivity contribution in [2.24, 2.45) is 0 Å². The average Bonchev–Trinajstić information content (AvgIpc) is 2.77. The molecule has 2 aromatic rings. The number of amides is 2. The van der Waals surface area contributed by atoms with Crippen molar-refractivity contribution in [3.63, 3.8) is 0 Å². The smallest absolute Gasteiger partial charge is 0.242 e. The highest BCUT2D eigenvalue weighted by Crippen LogP contribution is 2.22. The van der Waals surface area contributed by atoms with Crippen molar-refractivity contribution < 1.29 is 14.3 Å². The second-order valence-corrected chi connectivity index (χ2v) is 8.31. The molecule has 1 atom stereocenters. The summed E-state index contributed by atoms with van der Waals surface area (Å²) in [5.74, 6) is 0.805. The minimum Gasteiger partial charge on any atom is -0.497 e. The second-order valence-electron chi connectivity index (χ2n) is 6.83. The van der Waals surface area contributed by atoms with Gasteiger partial charge in [-0.05, 0) is 54.8 Å². The van der Waals surface area contributed by atoms with Crippen molar-refractivity contribution >= 4 is 35.2 Å². The van der Waals surface area contributed by atoms with Crippen molar-refractivity contribution in [2.45, 2.75) is 44.2 Å². The monoisotopic (exact) mass is 448 g/mol. The predicted octanol–water partition coefficient (Wildman–Crippen LogP) is 4.77. The molecule has 30 heavy (non-hydrogen) atoms. The summed E-state index contributed by atoms with van der Waals surface area (Å²) in [6, 6.07) is 14.4. The number of benzene rings is 2. The van der Waals surface area contributed by atoms with Crippen LogP contribution in [0.4, 0.5) is 0 Å². The Balaban J connectivity index is 2.17. The van der Waals surface area contributed by atoms with Crippen LogP contribution in [-0.2, 0) is 16.1 Å². The van der Waals surface area contributed by atoms with Crippen LogP contribution >= 0.6 is 23.4 Å². The maximum Gasteiger partial charge on any atom is 0.242 e. The number of carbonyl (C=O) groups excluding carboxylic acids is 2. The van der Waals surface area contributed by atoms with Crippen LogP contribution in [0, 0.1) is 0 Å². The van der Waals surface area contributed by atoms with Crippen LogP contribution in [0.25, 0.3) is 0 Å². The fraction of sp³-hybridized carbons (Fsp3) is 0.391. The molecule has 0 aliphatic heterocycles. The molecule has 0 heterocycles. The van der Waals surface area contributed by atoms with E-state index in [2.05, 4.69) is 5.32 Å². The molecular weight excluding hydrogens is 420 g/mol. The third kappa shape index (κ3) is 7.26. The van der Waals surface area contributed by atoms with Crippen LogP contribution in [0.2, 0.25) is 5.02 Å². The lowest BCUT2D eigenvalue weighted by molar-refractivity contribution is -0.139. The van der Waals surface area contributed by atoms with Gasteiger partial charge in [0.15, 0.2) is 0 Å². The molecule has 5 nitrogen and oxygen atoms in total. The highest BCUT2D eigenvalue weighted by Gasteiger charge is 2.28. The number of nitrogens with zero attached hydrogens (tertiary/aromatic N) is 1. The molecule has 2 aromatic carbocycles. The van der Waals surface area contributed by atoms with Gasteiger partial charge in [-0.1, -0.05) is 37.6 Å². The fourth-order valence-corrected chi connectivity index (χ4v) is 3.88.